The number of benzene rings is 1. The Labute approximate surface area is 143 Å². The molecule has 0 amide bonds. The van der Waals surface area contributed by atoms with E-state index in [0.29, 0.717) is 0 Å². The van der Waals surface area contributed by atoms with Crippen LogP contribution >= 0.6 is 0 Å². The van der Waals surface area contributed by atoms with Crippen LogP contribution in [0.25, 0.3) is 5.70 Å². The molecule has 18 heteroatoms. The smallest absolute Gasteiger partial charge is 0.263 e. The van der Waals surface area contributed by atoms with Crippen LogP contribution in [0.5, 0.6) is 0 Å². The van der Waals surface area contributed by atoms with Crippen LogP contribution in [0, 0.1) is 60.7 Å². The average molecular weight is 386 g/mol. The van der Waals surface area contributed by atoms with Gasteiger partial charge in [0, 0.05) is 11.0 Å². The molecule has 0 radical (unpaired) electrons. The Morgan fingerprint density at radius 2 is 1.19 bits per heavy atom. The van der Waals surface area contributed by atoms with Gasteiger partial charge in [0.05, 0.1) is 30.2 Å². The largest absolute Gasteiger partial charge is 0.423 e. The second-order valence-electron chi connectivity index (χ2n) is 4.76. The van der Waals surface area contributed by atoms with Crippen molar-refractivity contribution in [2.24, 2.45) is 0 Å². The fourth-order valence-corrected chi connectivity index (χ4v) is 2.62. The molecule has 1 unspecified atom stereocenters. The Morgan fingerprint density at radius 3 is 1.52 bits per heavy atom. The van der Waals surface area contributed by atoms with Crippen molar-refractivity contribution in [2.45, 2.75) is 6.04 Å². The highest BCUT2D eigenvalue weighted by molar-refractivity contribution is 5.85. The number of fused-ring (bicyclic) bond motifs is 1. The third-order valence-corrected chi connectivity index (χ3v) is 3.47. The van der Waals surface area contributed by atoms with Crippen LogP contribution in [0.3, 0.4) is 0 Å². The summed E-state index contributed by atoms with van der Waals surface area (Å²) in [5.74, 6) is 0. The topological polar surface area (TPSA) is 259 Å². The Bertz CT molecular complexity index is 1010. The first-order valence-corrected chi connectivity index (χ1v) is 6.22. The van der Waals surface area contributed by atoms with Gasteiger partial charge in [-0.2, -0.15) is 0 Å². The molecular formula is C9H2N6O12. The van der Waals surface area contributed by atoms with E-state index in [0.717, 1.165) is 0 Å². The maximum absolute atomic E-state index is 11.3. The molecule has 0 aliphatic heterocycles. The molecule has 0 aromatic heterocycles. The second kappa shape index (κ2) is 6.02. The quantitative estimate of drug-likeness (QED) is 0.488. The number of rotatable bonds is 6. The van der Waals surface area contributed by atoms with E-state index >= 15 is 0 Å². The van der Waals surface area contributed by atoms with Gasteiger partial charge in [0.25, 0.3) is 0 Å². The molecular weight excluding hydrogens is 384 g/mol. The van der Waals surface area contributed by atoms with Crippen LogP contribution in [0.1, 0.15) is 17.2 Å². The molecule has 0 saturated heterocycles. The van der Waals surface area contributed by atoms with Crippen LogP contribution in [0.2, 0.25) is 0 Å². The lowest BCUT2D eigenvalue weighted by Crippen LogP contribution is -2.16. The summed E-state index contributed by atoms with van der Waals surface area (Å²) in [4.78, 5) is 57.8. The van der Waals surface area contributed by atoms with Gasteiger partial charge in [0.15, 0.2) is 5.56 Å². The van der Waals surface area contributed by atoms with Gasteiger partial charge < -0.3 is 0 Å². The van der Waals surface area contributed by atoms with Crippen LogP contribution in [0.15, 0.2) is 11.8 Å². The molecule has 27 heavy (non-hydrogen) atoms. The van der Waals surface area contributed by atoms with Crippen molar-refractivity contribution in [3.05, 3.63) is 83.6 Å². The minimum Gasteiger partial charge on any atom is -0.263 e. The van der Waals surface area contributed by atoms with E-state index in [4.69, 9.17) is 0 Å². The van der Waals surface area contributed by atoms with E-state index in [1.54, 1.807) is 0 Å². The minimum atomic E-state index is -2.67. The Balaban J connectivity index is 3.20. The molecule has 0 spiro atoms. The second-order valence-corrected chi connectivity index (χ2v) is 4.76. The standard InChI is InChI=1S/C9H2N6O12/c16-10(17)3-1-2-4(7(13(22)23)6(3)12(20)21)8(14(24)25)9(15(26)27)5(2)11(18)19/h1,5H. The van der Waals surface area contributed by atoms with Crippen molar-refractivity contribution >= 4 is 22.8 Å². The predicted molar refractivity (Wildman–Crippen MR) is 77.0 cm³/mol. The molecule has 1 atom stereocenters. The molecule has 0 saturated carbocycles. The maximum atomic E-state index is 11.3. The number of hydrogen-bond acceptors (Lipinski definition) is 12. The number of nitro benzene ring substituents is 3. The molecule has 0 heterocycles. The van der Waals surface area contributed by atoms with Gasteiger partial charge in [-0.1, -0.05) is 0 Å². The van der Waals surface area contributed by atoms with Crippen molar-refractivity contribution in [2.75, 3.05) is 0 Å². The summed E-state index contributed by atoms with van der Waals surface area (Å²) in [6.45, 7) is 0. The maximum Gasteiger partial charge on any atom is 0.423 e. The number of nitro groups is 6. The highest BCUT2D eigenvalue weighted by atomic mass is 16.7. The summed E-state index contributed by atoms with van der Waals surface area (Å²) in [5, 5.41) is 66.9. The Hall–Kier alpha value is -4.64. The van der Waals surface area contributed by atoms with Crippen LogP contribution in [-0.2, 0) is 0 Å². The zero-order chi connectivity index (χ0) is 20.8. The van der Waals surface area contributed by atoms with E-state index in [-0.39, 0.29) is 6.07 Å². The summed E-state index contributed by atoms with van der Waals surface area (Å²) in [7, 11) is 0. The minimum absolute atomic E-state index is 0.119. The summed E-state index contributed by atoms with van der Waals surface area (Å²) in [6.07, 6.45) is 0. The fourth-order valence-electron chi connectivity index (χ4n) is 2.62. The molecule has 1 aliphatic rings. The van der Waals surface area contributed by atoms with Gasteiger partial charge >= 0.3 is 34.5 Å². The number of nitrogens with zero attached hydrogens (tertiary/aromatic N) is 6. The third-order valence-electron chi connectivity index (χ3n) is 3.47. The first-order valence-electron chi connectivity index (χ1n) is 6.22. The summed E-state index contributed by atoms with van der Waals surface area (Å²) in [5.41, 5.74) is -11.2. The van der Waals surface area contributed by atoms with E-state index < -0.39 is 75.2 Å². The van der Waals surface area contributed by atoms with E-state index in [1.165, 1.54) is 0 Å². The lowest BCUT2D eigenvalue weighted by Gasteiger charge is -2.04. The highest BCUT2D eigenvalue weighted by Crippen LogP contribution is 2.52. The third kappa shape index (κ3) is 2.61. The molecule has 0 bridgehead atoms. The SMILES string of the molecule is O=[N+]([O-])C1=C([N+](=O)[O-])C([N+](=O)[O-])c2cc([N+](=O)[O-])c([N+](=O)[O-])c([N+](=O)[O-])c21. The molecule has 140 valence electrons. The lowest BCUT2D eigenvalue weighted by atomic mass is 10.0. The molecule has 1 aromatic carbocycles. The van der Waals surface area contributed by atoms with Crippen molar-refractivity contribution in [1.82, 2.24) is 0 Å². The van der Waals surface area contributed by atoms with Gasteiger partial charge in [-0.25, -0.2) is 0 Å². The molecule has 0 N–H and O–H groups in total. The zero-order valence-corrected chi connectivity index (χ0v) is 12.2. The molecule has 1 aromatic rings. The summed E-state index contributed by atoms with van der Waals surface area (Å²) >= 11 is 0. The molecule has 1 aliphatic carbocycles. The normalized spacial score (nSPS) is 15.2. The van der Waals surface area contributed by atoms with Crippen molar-refractivity contribution < 1.29 is 29.5 Å². The van der Waals surface area contributed by atoms with Crippen molar-refractivity contribution in [3.8, 4) is 0 Å². The van der Waals surface area contributed by atoms with Gasteiger partial charge in [-0.3, -0.25) is 60.7 Å². The van der Waals surface area contributed by atoms with Gasteiger partial charge in [-0.05, 0) is 0 Å². The van der Waals surface area contributed by atoms with Gasteiger partial charge in [0.1, 0.15) is 0 Å². The summed E-state index contributed by atoms with van der Waals surface area (Å²) in [6, 6.07) is -2.55. The van der Waals surface area contributed by atoms with E-state index in [1.807, 2.05) is 0 Å². The predicted octanol–water partition coefficient (Wildman–Crippen LogP) is 0.965. The molecule has 2 rings (SSSR count). The lowest BCUT2D eigenvalue weighted by molar-refractivity contribution is -0.562. The molecule has 18 nitrogen and oxygen atoms in total. The Kier molecular flexibility index (Phi) is 4.17. The van der Waals surface area contributed by atoms with Crippen LogP contribution in [-0.4, -0.2) is 29.5 Å². The summed E-state index contributed by atoms with van der Waals surface area (Å²) < 4.78 is 0. The van der Waals surface area contributed by atoms with Gasteiger partial charge in [0.2, 0.25) is 0 Å². The van der Waals surface area contributed by atoms with Gasteiger partial charge in [-0.15, -0.1) is 0 Å². The van der Waals surface area contributed by atoms with E-state index in [9.17, 15) is 60.7 Å². The highest BCUT2D eigenvalue weighted by Gasteiger charge is 2.61. The van der Waals surface area contributed by atoms with Crippen LogP contribution in [0.4, 0.5) is 17.1 Å². The van der Waals surface area contributed by atoms with Crippen molar-refractivity contribution in [3.63, 3.8) is 0 Å². The fraction of sp³-hybridized carbons (Fsp3) is 0.111. The van der Waals surface area contributed by atoms with Crippen LogP contribution < -0.4 is 0 Å². The monoisotopic (exact) mass is 386 g/mol. The van der Waals surface area contributed by atoms with Crippen molar-refractivity contribution in [1.29, 1.82) is 0 Å². The van der Waals surface area contributed by atoms with E-state index in [2.05, 4.69) is 0 Å². The first-order chi connectivity index (χ1) is 12.4. The Morgan fingerprint density at radius 1 is 0.667 bits per heavy atom. The number of hydrogen-bond donors (Lipinski definition) is 0. The zero-order valence-electron chi connectivity index (χ0n) is 12.2. The average Bonchev–Trinajstić information content (AvgIpc) is 2.87. The first kappa shape index (κ1) is 18.7. The molecule has 0 fully saturated rings.